The van der Waals surface area contributed by atoms with Crippen LogP contribution in [0.4, 0.5) is 0 Å². The Hall–Kier alpha value is -2.54. The fraction of sp³-hybridized carbons (Fsp3) is 0.548. The highest BCUT2D eigenvalue weighted by atomic mass is 16.5. The highest BCUT2D eigenvalue weighted by Crippen LogP contribution is 2.41. The van der Waals surface area contributed by atoms with Gasteiger partial charge in [-0.25, -0.2) is 0 Å². The van der Waals surface area contributed by atoms with E-state index in [-0.39, 0.29) is 0 Å². The molecule has 200 valence electrons. The molecule has 2 aliphatic heterocycles. The number of rotatable bonds is 10. The molecular formula is C31H43N3O3. The molecule has 0 saturated carbocycles. The third-order valence-corrected chi connectivity index (χ3v) is 8.29. The molecule has 1 unspecified atom stereocenters. The monoisotopic (exact) mass is 505 g/mol. The summed E-state index contributed by atoms with van der Waals surface area (Å²) in [6.07, 6.45) is 7.93. The Labute approximate surface area is 222 Å². The van der Waals surface area contributed by atoms with E-state index in [0.29, 0.717) is 12.0 Å². The van der Waals surface area contributed by atoms with Crippen LogP contribution in [0.15, 0.2) is 42.6 Å². The molecule has 1 saturated heterocycles. The van der Waals surface area contributed by atoms with Crippen molar-refractivity contribution in [3.05, 3.63) is 59.3 Å². The molecule has 0 spiro atoms. The fourth-order valence-electron chi connectivity index (χ4n) is 6.20. The molecule has 2 aromatic carbocycles. The molecule has 0 N–H and O–H groups in total. The van der Waals surface area contributed by atoms with Gasteiger partial charge in [0.15, 0.2) is 11.5 Å². The van der Waals surface area contributed by atoms with Gasteiger partial charge in [-0.15, -0.1) is 0 Å². The maximum Gasteiger partial charge on any atom is 0.161 e. The van der Waals surface area contributed by atoms with Gasteiger partial charge in [0.05, 0.1) is 14.2 Å². The van der Waals surface area contributed by atoms with Gasteiger partial charge in [-0.3, -0.25) is 4.90 Å². The fourth-order valence-corrected chi connectivity index (χ4v) is 6.20. The first-order chi connectivity index (χ1) is 18.1. The van der Waals surface area contributed by atoms with Gasteiger partial charge in [0, 0.05) is 62.5 Å². The number of likely N-dealkylation sites (N-methyl/N-ethyl adjacent to an activating group) is 1. The summed E-state index contributed by atoms with van der Waals surface area (Å²) in [6.45, 7) is 6.08. The Morgan fingerprint density at radius 2 is 1.78 bits per heavy atom. The quantitative estimate of drug-likeness (QED) is 0.380. The Morgan fingerprint density at radius 1 is 1.03 bits per heavy atom. The molecule has 6 heteroatoms. The lowest BCUT2D eigenvalue weighted by Crippen LogP contribution is -2.40. The van der Waals surface area contributed by atoms with Gasteiger partial charge < -0.3 is 23.7 Å². The smallest absolute Gasteiger partial charge is 0.161 e. The molecule has 1 fully saturated rings. The molecule has 5 rings (SSSR count). The van der Waals surface area contributed by atoms with E-state index >= 15 is 0 Å². The molecule has 0 radical (unpaired) electrons. The maximum absolute atomic E-state index is 5.74. The van der Waals surface area contributed by atoms with Crippen LogP contribution in [0.1, 0.15) is 42.0 Å². The summed E-state index contributed by atoms with van der Waals surface area (Å²) in [5, 5.41) is 1.39. The number of para-hydroxylation sites is 1. The molecule has 6 nitrogen and oxygen atoms in total. The number of fused-ring (bicyclic) bond motifs is 2. The molecule has 2 aliphatic rings. The summed E-state index contributed by atoms with van der Waals surface area (Å²) < 4.78 is 19.5. The number of aromatic nitrogens is 1. The lowest BCUT2D eigenvalue weighted by Gasteiger charge is -2.40. The zero-order valence-electron chi connectivity index (χ0n) is 23.0. The van der Waals surface area contributed by atoms with Crippen LogP contribution in [0.2, 0.25) is 0 Å². The van der Waals surface area contributed by atoms with Crippen molar-refractivity contribution in [3.8, 4) is 11.5 Å². The van der Waals surface area contributed by atoms with Gasteiger partial charge in [0.1, 0.15) is 0 Å². The van der Waals surface area contributed by atoms with Crippen molar-refractivity contribution < 1.29 is 14.2 Å². The summed E-state index contributed by atoms with van der Waals surface area (Å²) in [5.74, 6) is 2.38. The second-order valence-corrected chi connectivity index (χ2v) is 10.9. The van der Waals surface area contributed by atoms with Crippen molar-refractivity contribution in [2.75, 3.05) is 61.2 Å². The van der Waals surface area contributed by atoms with Crippen molar-refractivity contribution in [2.24, 2.45) is 5.92 Å². The summed E-state index contributed by atoms with van der Waals surface area (Å²) >= 11 is 0. The second kappa shape index (κ2) is 11.9. The highest BCUT2D eigenvalue weighted by Gasteiger charge is 2.31. The Balaban J connectivity index is 1.43. The van der Waals surface area contributed by atoms with Crippen LogP contribution in [-0.4, -0.2) is 75.5 Å². The Morgan fingerprint density at radius 3 is 2.54 bits per heavy atom. The number of hydrogen-bond donors (Lipinski definition) is 0. The zero-order chi connectivity index (χ0) is 25.8. The average Bonchev–Trinajstić information content (AvgIpc) is 3.28. The first-order valence-corrected chi connectivity index (χ1v) is 13.9. The lowest BCUT2D eigenvalue weighted by molar-refractivity contribution is 0.0423. The maximum atomic E-state index is 5.74. The minimum atomic E-state index is 0.371. The summed E-state index contributed by atoms with van der Waals surface area (Å²) in [5.41, 5.74) is 5.61. The molecule has 0 bridgehead atoms. The van der Waals surface area contributed by atoms with Crippen molar-refractivity contribution >= 4 is 10.9 Å². The molecule has 0 amide bonds. The van der Waals surface area contributed by atoms with E-state index in [4.69, 9.17) is 14.2 Å². The second-order valence-electron chi connectivity index (χ2n) is 10.9. The molecule has 1 atom stereocenters. The minimum absolute atomic E-state index is 0.371. The first-order valence-electron chi connectivity index (χ1n) is 13.9. The van der Waals surface area contributed by atoms with Gasteiger partial charge in [0.2, 0.25) is 0 Å². The van der Waals surface area contributed by atoms with Gasteiger partial charge in [-0.05, 0) is 87.0 Å². The number of aryl methyl sites for hydroxylation is 1. The standard InChI is InChI=1S/C31H43N3O3/c1-32(2)15-16-34-22-25(26-7-5-6-8-28(26)34)9-10-29-27-20-31(36-4)30(35-3)19-24(27)11-14-33(29)21-23-12-17-37-18-13-23/h5-8,19-20,22-23,29H,9-18,21H2,1-4H3. The van der Waals surface area contributed by atoms with Crippen LogP contribution < -0.4 is 9.47 Å². The highest BCUT2D eigenvalue weighted by molar-refractivity contribution is 5.84. The third-order valence-electron chi connectivity index (χ3n) is 8.29. The predicted octanol–water partition coefficient (Wildman–Crippen LogP) is 5.18. The molecule has 3 heterocycles. The van der Waals surface area contributed by atoms with E-state index < -0.39 is 0 Å². The van der Waals surface area contributed by atoms with Crippen LogP contribution in [-0.2, 0) is 24.1 Å². The largest absolute Gasteiger partial charge is 0.493 e. The van der Waals surface area contributed by atoms with E-state index in [2.05, 4.69) is 71.1 Å². The minimum Gasteiger partial charge on any atom is -0.493 e. The summed E-state index contributed by atoms with van der Waals surface area (Å²) in [6, 6.07) is 13.7. The van der Waals surface area contributed by atoms with E-state index in [9.17, 15) is 0 Å². The van der Waals surface area contributed by atoms with Gasteiger partial charge >= 0.3 is 0 Å². The molecule has 37 heavy (non-hydrogen) atoms. The van der Waals surface area contributed by atoms with Crippen LogP contribution in [0, 0.1) is 5.92 Å². The van der Waals surface area contributed by atoms with Crippen molar-refractivity contribution in [3.63, 3.8) is 0 Å². The topological polar surface area (TPSA) is 39.1 Å². The third kappa shape index (κ3) is 5.82. The molecule has 3 aromatic rings. The number of methoxy groups -OCH3 is 2. The number of nitrogens with zero attached hydrogens (tertiary/aromatic N) is 3. The first kappa shape index (κ1) is 26.1. The average molecular weight is 506 g/mol. The number of hydrogen-bond acceptors (Lipinski definition) is 5. The van der Waals surface area contributed by atoms with Crippen molar-refractivity contribution in [2.45, 2.75) is 44.7 Å². The Bertz CT molecular complexity index is 1180. The molecule has 0 aliphatic carbocycles. The van der Waals surface area contributed by atoms with Crippen LogP contribution in [0.25, 0.3) is 10.9 Å². The summed E-state index contributed by atoms with van der Waals surface area (Å²) in [4.78, 5) is 5.00. The van der Waals surface area contributed by atoms with Gasteiger partial charge in [-0.2, -0.15) is 0 Å². The van der Waals surface area contributed by atoms with Gasteiger partial charge in [-0.1, -0.05) is 18.2 Å². The van der Waals surface area contributed by atoms with E-state index in [1.807, 2.05) is 0 Å². The SMILES string of the molecule is COc1cc2c(cc1OC)C(CCc1cn(CCN(C)C)c3ccccc13)N(CC1CCOCC1)CC2. The predicted molar refractivity (Wildman–Crippen MR) is 150 cm³/mol. The van der Waals surface area contributed by atoms with Crippen molar-refractivity contribution in [1.29, 1.82) is 0 Å². The van der Waals surface area contributed by atoms with Gasteiger partial charge in [0.25, 0.3) is 0 Å². The van der Waals surface area contributed by atoms with Crippen LogP contribution in [0.3, 0.4) is 0 Å². The normalized spacial score (nSPS) is 18.9. The van der Waals surface area contributed by atoms with Crippen molar-refractivity contribution in [1.82, 2.24) is 14.4 Å². The molecular weight excluding hydrogens is 462 g/mol. The molecule has 1 aromatic heterocycles. The van der Waals surface area contributed by atoms with Crippen LogP contribution >= 0.6 is 0 Å². The van der Waals surface area contributed by atoms with E-state index in [0.717, 1.165) is 70.2 Å². The number of benzene rings is 2. The Kier molecular flexibility index (Phi) is 8.38. The lowest BCUT2D eigenvalue weighted by atomic mass is 9.87. The number of ether oxygens (including phenoxy) is 3. The van der Waals surface area contributed by atoms with E-state index in [1.165, 1.54) is 40.4 Å². The van der Waals surface area contributed by atoms with E-state index in [1.54, 1.807) is 14.2 Å². The zero-order valence-corrected chi connectivity index (χ0v) is 23.0. The van der Waals surface area contributed by atoms with Crippen LogP contribution in [0.5, 0.6) is 11.5 Å². The summed E-state index contributed by atoms with van der Waals surface area (Å²) in [7, 11) is 7.76.